The first-order chi connectivity index (χ1) is 10.7. The topological polar surface area (TPSA) is 126 Å². The SMILES string of the molecule is CN1C(N)N(C)[C@@H](c2c(C(=O)O)[nH]c3cc(O)c(Br)cc23)[C@H]1O. The van der Waals surface area contributed by atoms with Crippen molar-refractivity contribution < 1.29 is 20.1 Å². The third-order valence-electron chi connectivity index (χ3n) is 4.39. The molecule has 3 atom stereocenters. The number of aromatic nitrogens is 1. The molecule has 3 rings (SSSR count). The normalized spacial score (nSPS) is 26.2. The van der Waals surface area contributed by atoms with E-state index in [-0.39, 0.29) is 11.4 Å². The van der Waals surface area contributed by atoms with Crippen molar-refractivity contribution in [3.05, 3.63) is 27.9 Å². The van der Waals surface area contributed by atoms with E-state index in [0.29, 0.717) is 20.9 Å². The molecule has 124 valence electrons. The second-order valence-electron chi connectivity index (χ2n) is 5.67. The third kappa shape index (κ3) is 2.32. The standard InChI is InChI=1S/C14H17BrN4O4/c1-18-11(12(21)19(2)14(18)16)9-5-3-6(15)8(20)4-7(5)17-10(9)13(22)23/h3-4,11-12,14,17,20-21H,16H2,1-2H3,(H,22,23)/t11-,12+,14?/m0/s1. The summed E-state index contributed by atoms with van der Waals surface area (Å²) in [5.74, 6) is -1.15. The molecule has 23 heavy (non-hydrogen) atoms. The lowest BCUT2D eigenvalue weighted by Crippen LogP contribution is -2.43. The highest BCUT2D eigenvalue weighted by atomic mass is 79.9. The Kier molecular flexibility index (Phi) is 3.85. The van der Waals surface area contributed by atoms with Crippen LogP contribution in [0.5, 0.6) is 5.75 Å². The zero-order valence-electron chi connectivity index (χ0n) is 12.5. The van der Waals surface area contributed by atoms with Gasteiger partial charge in [-0.25, -0.2) is 4.79 Å². The summed E-state index contributed by atoms with van der Waals surface area (Å²) in [4.78, 5) is 17.7. The molecule has 1 unspecified atom stereocenters. The second kappa shape index (κ2) is 5.46. The number of hydrogen-bond acceptors (Lipinski definition) is 6. The van der Waals surface area contributed by atoms with Crippen molar-refractivity contribution in [2.75, 3.05) is 14.1 Å². The van der Waals surface area contributed by atoms with E-state index >= 15 is 0 Å². The number of rotatable bonds is 2. The van der Waals surface area contributed by atoms with Crippen LogP contribution < -0.4 is 5.73 Å². The predicted molar refractivity (Wildman–Crippen MR) is 86.9 cm³/mol. The van der Waals surface area contributed by atoms with Gasteiger partial charge in [-0.1, -0.05) is 0 Å². The van der Waals surface area contributed by atoms with Crippen molar-refractivity contribution in [3.8, 4) is 5.75 Å². The fraction of sp³-hybridized carbons (Fsp3) is 0.357. The van der Waals surface area contributed by atoms with Gasteiger partial charge in [-0.3, -0.25) is 9.80 Å². The molecule has 6 N–H and O–H groups in total. The number of benzene rings is 1. The summed E-state index contributed by atoms with van der Waals surface area (Å²) < 4.78 is 0.440. The molecule has 0 bridgehead atoms. The molecule has 2 heterocycles. The maximum atomic E-state index is 11.6. The highest BCUT2D eigenvalue weighted by molar-refractivity contribution is 9.10. The molecule has 0 saturated carbocycles. The van der Waals surface area contributed by atoms with Gasteiger partial charge in [0.1, 0.15) is 24.0 Å². The van der Waals surface area contributed by atoms with Gasteiger partial charge in [0, 0.05) is 17.0 Å². The zero-order valence-corrected chi connectivity index (χ0v) is 14.1. The number of aromatic hydroxyl groups is 1. The number of aromatic carboxylic acids is 1. The van der Waals surface area contributed by atoms with E-state index in [1.807, 2.05) is 0 Å². The van der Waals surface area contributed by atoms with Crippen LogP contribution in [0.15, 0.2) is 16.6 Å². The largest absolute Gasteiger partial charge is 0.507 e. The molecule has 2 aromatic rings. The number of phenolic OH excluding ortho intramolecular Hbond substituents is 1. The molecule has 1 saturated heterocycles. The van der Waals surface area contributed by atoms with Crippen LogP contribution in [0.1, 0.15) is 22.1 Å². The fourth-order valence-electron chi connectivity index (χ4n) is 3.09. The molecule has 1 fully saturated rings. The number of likely N-dealkylation sites (N-methyl/N-ethyl adjacent to an activating group) is 2. The van der Waals surface area contributed by atoms with Crippen molar-refractivity contribution in [3.63, 3.8) is 0 Å². The van der Waals surface area contributed by atoms with Gasteiger partial charge < -0.3 is 26.0 Å². The van der Waals surface area contributed by atoms with E-state index in [1.165, 1.54) is 6.07 Å². The summed E-state index contributed by atoms with van der Waals surface area (Å²) in [6.07, 6.45) is -1.50. The van der Waals surface area contributed by atoms with Crippen molar-refractivity contribution in [1.82, 2.24) is 14.8 Å². The average Bonchev–Trinajstić information content (AvgIpc) is 2.92. The van der Waals surface area contributed by atoms with E-state index < -0.39 is 24.5 Å². The summed E-state index contributed by atoms with van der Waals surface area (Å²) >= 11 is 3.24. The molecule has 9 heteroatoms. The summed E-state index contributed by atoms with van der Waals surface area (Å²) in [6.45, 7) is 0. The lowest BCUT2D eigenvalue weighted by atomic mass is 10.0. The maximum Gasteiger partial charge on any atom is 0.352 e. The van der Waals surface area contributed by atoms with Gasteiger partial charge in [-0.05, 0) is 36.1 Å². The predicted octanol–water partition coefficient (Wildman–Crippen LogP) is 0.813. The molecule has 0 spiro atoms. The Morgan fingerprint density at radius 2 is 2.00 bits per heavy atom. The number of carbonyl (C=O) groups is 1. The number of halogens is 1. The Hall–Kier alpha value is -1.65. The van der Waals surface area contributed by atoms with Gasteiger partial charge in [-0.15, -0.1) is 0 Å². The molecule has 0 radical (unpaired) electrons. The van der Waals surface area contributed by atoms with Crippen LogP contribution in [0.3, 0.4) is 0 Å². The lowest BCUT2D eigenvalue weighted by Gasteiger charge is -2.23. The monoisotopic (exact) mass is 384 g/mol. The minimum absolute atomic E-state index is 0.00335. The molecular weight excluding hydrogens is 368 g/mol. The van der Waals surface area contributed by atoms with Crippen molar-refractivity contribution >= 4 is 32.8 Å². The van der Waals surface area contributed by atoms with Gasteiger partial charge >= 0.3 is 5.97 Å². The van der Waals surface area contributed by atoms with E-state index in [2.05, 4.69) is 20.9 Å². The van der Waals surface area contributed by atoms with Crippen LogP contribution in [0.4, 0.5) is 0 Å². The average molecular weight is 385 g/mol. The molecule has 1 aromatic heterocycles. The Labute approximate surface area is 140 Å². The first-order valence-corrected chi connectivity index (χ1v) is 7.68. The number of aromatic amines is 1. The maximum absolute atomic E-state index is 11.6. The third-order valence-corrected chi connectivity index (χ3v) is 5.02. The van der Waals surface area contributed by atoms with E-state index in [0.717, 1.165) is 0 Å². The molecule has 1 aliphatic rings. The van der Waals surface area contributed by atoms with Crippen LogP contribution >= 0.6 is 15.9 Å². The van der Waals surface area contributed by atoms with Gasteiger partial charge in [0.15, 0.2) is 0 Å². The number of H-pyrrole nitrogens is 1. The van der Waals surface area contributed by atoms with Crippen LogP contribution in [0, 0.1) is 0 Å². The van der Waals surface area contributed by atoms with E-state index in [4.69, 9.17) is 5.73 Å². The Bertz CT molecular complexity index is 779. The molecule has 0 aliphatic carbocycles. The number of aliphatic hydroxyl groups is 1. The molecular formula is C14H17BrN4O4. The number of carboxylic acid groups (broad SMARTS) is 1. The number of nitrogens with zero attached hydrogens (tertiary/aromatic N) is 2. The number of nitrogens with one attached hydrogen (secondary N) is 1. The van der Waals surface area contributed by atoms with Gasteiger partial charge in [0.25, 0.3) is 0 Å². The van der Waals surface area contributed by atoms with Gasteiger partial charge in [-0.2, -0.15) is 0 Å². The first-order valence-electron chi connectivity index (χ1n) is 6.89. The van der Waals surface area contributed by atoms with Crippen LogP contribution in [0.25, 0.3) is 10.9 Å². The molecule has 0 amide bonds. The zero-order chi connectivity index (χ0) is 17.0. The van der Waals surface area contributed by atoms with Crippen LogP contribution in [-0.4, -0.2) is 62.7 Å². The number of phenols is 1. The Morgan fingerprint density at radius 3 is 2.52 bits per heavy atom. The number of carboxylic acids is 1. The molecule has 1 aromatic carbocycles. The summed E-state index contributed by atoms with van der Waals surface area (Å²) in [7, 11) is 3.39. The quantitative estimate of drug-likeness (QED) is 0.518. The smallest absolute Gasteiger partial charge is 0.352 e. The lowest BCUT2D eigenvalue weighted by molar-refractivity contribution is 0.0284. The van der Waals surface area contributed by atoms with Crippen LogP contribution in [0.2, 0.25) is 0 Å². The van der Waals surface area contributed by atoms with E-state index in [1.54, 1.807) is 30.0 Å². The van der Waals surface area contributed by atoms with E-state index in [9.17, 15) is 20.1 Å². The minimum atomic E-state index is -1.14. The molecule has 8 nitrogen and oxygen atoms in total. The minimum Gasteiger partial charge on any atom is -0.507 e. The first kappa shape index (κ1) is 16.2. The number of hydrogen-bond donors (Lipinski definition) is 5. The second-order valence-corrected chi connectivity index (χ2v) is 6.53. The Morgan fingerprint density at radius 1 is 1.35 bits per heavy atom. The van der Waals surface area contributed by atoms with Gasteiger partial charge in [0.2, 0.25) is 0 Å². The van der Waals surface area contributed by atoms with Gasteiger partial charge in [0.05, 0.1) is 16.0 Å². The van der Waals surface area contributed by atoms with Crippen molar-refractivity contribution in [1.29, 1.82) is 0 Å². The highest BCUT2D eigenvalue weighted by Crippen LogP contribution is 2.41. The number of fused-ring (bicyclic) bond motifs is 1. The highest BCUT2D eigenvalue weighted by Gasteiger charge is 2.44. The molecule has 1 aliphatic heterocycles. The number of aliphatic hydroxyl groups excluding tert-OH is 1. The summed E-state index contributed by atoms with van der Waals surface area (Å²) in [6, 6.07) is 2.46. The summed E-state index contributed by atoms with van der Waals surface area (Å²) in [5, 5.41) is 30.4. The number of nitrogens with two attached hydrogens (primary N) is 1. The van der Waals surface area contributed by atoms with Crippen molar-refractivity contribution in [2.24, 2.45) is 5.73 Å². The van der Waals surface area contributed by atoms with Crippen molar-refractivity contribution in [2.45, 2.75) is 18.6 Å². The Balaban J connectivity index is 2.29. The fourth-order valence-corrected chi connectivity index (χ4v) is 3.44. The van der Waals surface area contributed by atoms with Crippen LogP contribution in [-0.2, 0) is 0 Å². The summed E-state index contributed by atoms with van der Waals surface area (Å²) in [5.41, 5.74) is 6.89.